The number of halogens is 3. The maximum Gasteiger partial charge on any atom is 0.421 e. The van der Waals surface area contributed by atoms with Crippen LogP contribution in [-0.4, -0.2) is 26.1 Å². The van der Waals surface area contributed by atoms with Crippen molar-refractivity contribution in [2.24, 2.45) is 0 Å². The molecule has 124 valence electrons. The Morgan fingerprint density at radius 3 is 2.39 bits per heavy atom. The summed E-state index contributed by atoms with van der Waals surface area (Å²) in [7, 11) is 0. The van der Waals surface area contributed by atoms with Crippen molar-refractivity contribution in [2.75, 3.05) is 0 Å². The summed E-state index contributed by atoms with van der Waals surface area (Å²) in [4.78, 5) is 29.6. The molecular weight excluding hydrogens is 315 g/mol. The van der Waals surface area contributed by atoms with E-state index in [2.05, 4.69) is 20.5 Å². The summed E-state index contributed by atoms with van der Waals surface area (Å²) in [6, 6.07) is 1.47. The van der Waals surface area contributed by atoms with Gasteiger partial charge in [0.05, 0.1) is 5.54 Å². The quantitative estimate of drug-likeness (QED) is 0.793. The lowest BCUT2D eigenvalue weighted by molar-refractivity contribution is -0.138. The standard InChI is InChI=1S/C13H14F3N5O2/c1-6-17-11(21-20-6)12(2,3)19-10(23)8-5-4-7(9(22)18-8)13(14,15)16/h4-5H,1-3H3,(H,18,22)(H,19,23)(H,17,20,21). The first-order chi connectivity index (χ1) is 10.5. The zero-order valence-corrected chi connectivity index (χ0v) is 12.5. The van der Waals surface area contributed by atoms with E-state index in [9.17, 15) is 22.8 Å². The number of aryl methyl sites for hydroxylation is 1. The molecule has 0 bridgehead atoms. The number of carbonyl (C=O) groups is 1. The van der Waals surface area contributed by atoms with Crippen molar-refractivity contribution in [2.45, 2.75) is 32.5 Å². The van der Waals surface area contributed by atoms with Crippen LogP contribution in [0.25, 0.3) is 0 Å². The number of hydrogen-bond acceptors (Lipinski definition) is 4. The van der Waals surface area contributed by atoms with E-state index in [1.54, 1.807) is 20.8 Å². The molecule has 0 aromatic carbocycles. The van der Waals surface area contributed by atoms with Gasteiger partial charge in [0.2, 0.25) is 0 Å². The number of H-pyrrole nitrogens is 2. The van der Waals surface area contributed by atoms with Gasteiger partial charge in [-0.05, 0) is 32.9 Å². The lowest BCUT2D eigenvalue weighted by Crippen LogP contribution is -2.42. The molecule has 2 aromatic rings. The Morgan fingerprint density at radius 2 is 1.91 bits per heavy atom. The van der Waals surface area contributed by atoms with E-state index in [0.29, 0.717) is 17.7 Å². The summed E-state index contributed by atoms with van der Waals surface area (Å²) in [5.74, 6) is 0.103. The second-order valence-electron chi connectivity index (χ2n) is 5.44. The number of hydrogen-bond donors (Lipinski definition) is 3. The van der Waals surface area contributed by atoms with Crippen LogP contribution in [0.3, 0.4) is 0 Å². The second kappa shape index (κ2) is 5.52. The number of carbonyl (C=O) groups excluding carboxylic acids is 1. The van der Waals surface area contributed by atoms with Gasteiger partial charge < -0.3 is 10.3 Å². The molecule has 7 nitrogen and oxygen atoms in total. The lowest BCUT2D eigenvalue weighted by atomic mass is 10.0. The summed E-state index contributed by atoms with van der Waals surface area (Å²) in [5.41, 5.74) is -4.01. The van der Waals surface area contributed by atoms with Gasteiger partial charge in [-0.15, -0.1) is 0 Å². The Bertz CT molecular complexity index is 791. The third-order valence-electron chi connectivity index (χ3n) is 3.04. The van der Waals surface area contributed by atoms with Crippen LogP contribution in [0.5, 0.6) is 0 Å². The lowest BCUT2D eigenvalue weighted by Gasteiger charge is -2.22. The summed E-state index contributed by atoms with van der Waals surface area (Å²) in [6.45, 7) is 4.92. The zero-order valence-electron chi connectivity index (χ0n) is 12.5. The molecule has 0 saturated carbocycles. The van der Waals surface area contributed by atoms with Gasteiger partial charge in [-0.1, -0.05) is 0 Å². The van der Waals surface area contributed by atoms with Crippen LogP contribution in [-0.2, 0) is 11.7 Å². The molecule has 0 unspecified atom stereocenters. The minimum atomic E-state index is -4.78. The fourth-order valence-electron chi connectivity index (χ4n) is 1.86. The summed E-state index contributed by atoms with van der Waals surface area (Å²) in [5, 5.41) is 9.10. The maximum atomic E-state index is 12.5. The highest BCUT2D eigenvalue weighted by molar-refractivity contribution is 5.92. The Balaban J connectivity index is 2.24. The van der Waals surface area contributed by atoms with E-state index in [0.717, 1.165) is 6.07 Å². The van der Waals surface area contributed by atoms with E-state index in [1.807, 2.05) is 4.98 Å². The molecule has 10 heteroatoms. The Kier molecular flexibility index (Phi) is 4.01. The Labute approximate surface area is 128 Å². The molecule has 2 heterocycles. The van der Waals surface area contributed by atoms with Crippen LogP contribution in [0.15, 0.2) is 16.9 Å². The van der Waals surface area contributed by atoms with Gasteiger partial charge in [0, 0.05) is 0 Å². The molecule has 2 aromatic heterocycles. The number of alkyl halides is 3. The minimum Gasteiger partial charge on any atom is -0.339 e. The SMILES string of the molecule is Cc1nc(C(C)(C)NC(=O)c2ccc(C(F)(F)F)c(=O)[nH]2)n[nH]1. The van der Waals surface area contributed by atoms with E-state index < -0.39 is 28.7 Å². The summed E-state index contributed by atoms with van der Waals surface area (Å²) in [6.07, 6.45) is -4.78. The molecule has 0 radical (unpaired) electrons. The van der Waals surface area contributed by atoms with Crippen LogP contribution in [0.4, 0.5) is 13.2 Å². The molecule has 0 aliphatic rings. The van der Waals surface area contributed by atoms with E-state index in [1.165, 1.54) is 0 Å². The predicted octanol–water partition coefficient (Wildman–Crippen LogP) is 1.49. The van der Waals surface area contributed by atoms with Crippen molar-refractivity contribution < 1.29 is 18.0 Å². The molecule has 1 amide bonds. The van der Waals surface area contributed by atoms with E-state index in [-0.39, 0.29) is 5.69 Å². The third-order valence-corrected chi connectivity index (χ3v) is 3.04. The molecule has 0 aliphatic carbocycles. The fraction of sp³-hybridized carbons (Fsp3) is 0.385. The highest BCUT2D eigenvalue weighted by atomic mass is 19.4. The van der Waals surface area contributed by atoms with Gasteiger partial charge in [0.25, 0.3) is 11.5 Å². The van der Waals surface area contributed by atoms with Gasteiger partial charge in [-0.3, -0.25) is 14.7 Å². The van der Waals surface area contributed by atoms with Gasteiger partial charge in [0.15, 0.2) is 5.82 Å². The summed E-state index contributed by atoms with van der Waals surface area (Å²) < 4.78 is 37.6. The first-order valence-electron chi connectivity index (χ1n) is 6.53. The largest absolute Gasteiger partial charge is 0.421 e. The van der Waals surface area contributed by atoms with Crippen molar-refractivity contribution in [1.29, 1.82) is 0 Å². The molecule has 3 N–H and O–H groups in total. The maximum absolute atomic E-state index is 12.5. The average molecular weight is 329 g/mol. The summed E-state index contributed by atoms with van der Waals surface area (Å²) >= 11 is 0. The number of amides is 1. The average Bonchev–Trinajstić information content (AvgIpc) is 2.84. The smallest absolute Gasteiger partial charge is 0.339 e. The zero-order chi connectivity index (χ0) is 17.4. The topological polar surface area (TPSA) is 104 Å². The van der Waals surface area contributed by atoms with Crippen molar-refractivity contribution in [3.05, 3.63) is 45.4 Å². The molecule has 0 aliphatic heterocycles. The molecule has 0 saturated heterocycles. The van der Waals surface area contributed by atoms with Gasteiger partial charge in [-0.25, -0.2) is 4.98 Å². The number of rotatable bonds is 3. The normalized spacial score (nSPS) is 12.3. The van der Waals surface area contributed by atoms with Gasteiger partial charge in [0.1, 0.15) is 17.1 Å². The number of nitrogens with one attached hydrogen (secondary N) is 3. The number of nitrogens with zero attached hydrogens (tertiary/aromatic N) is 2. The van der Waals surface area contributed by atoms with E-state index >= 15 is 0 Å². The molecular formula is C13H14F3N5O2. The molecule has 0 atom stereocenters. The van der Waals surface area contributed by atoms with Crippen LogP contribution in [0.2, 0.25) is 0 Å². The van der Waals surface area contributed by atoms with Gasteiger partial charge >= 0.3 is 6.18 Å². The van der Waals surface area contributed by atoms with Crippen LogP contribution < -0.4 is 10.9 Å². The fourth-order valence-corrected chi connectivity index (χ4v) is 1.86. The van der Waals surface area contributed by atoms with Crippen LogP contribution >= 0.6 is 0 Å². The third kappa shape index (κ3) is 3.58. The van der Waals surface area contributed by atoms with E-state index in [4.69, 9.17) is 0 Å². The number of aromatic nitrogens is 4. The Hall–Kier alpha value is -2.65. The van der Waals surface area contributed by atoms with Crippen LogP contribution in [0, 0.1) is 6.92 Å². The minimum absolute atomic E-state index is 0.289. The highest BCUT2D eigenvalue weighted by Gasteiger charge is 2.34. The van der Waals surface area contributed by atoms with Crippen molar-refractivity contribution in [3.63, 3.8) is 0 Å². The molecule has 2 rings (SSSR count). The van der Waals surface area contributed by atoms with Gasteiger partial charge in [-0.2, -0.15) is 18.3 Å². The van der Waals surface area contributed by atoms with Crippen molar-refractivity contribution in [1.82, 2.24) is 25.5 Å². The van der Waals surface area contributed by atoms with Crippen LogP contribution in [0.1, 0.15) is 41.5 Å². The highest BCUT2D eigenvalue weighted by Crippen LogP contribution is 2.26. The number of pyridine rings is 1. The predicted molar refractivity (Wildman–Crippen MR) is 73.7 cm³/mol. The molecule has 0 spiro atoms. The molecule has 0 fully saturated rings. The second-order valence-corrected chi connectivity index (χ2v) is 5.44. The van der Waals surface area contributed by atoms with Crippen molar-refractivity contribution in [3.8, 4) is 0 Å². The van der Waals surface area contributed by atoms with Crippen molar-refractivity contribution >= 4 is 5.91 Å². The number of aromatic amines is 2. The Morgan fingerprint density at radius 1 is 1.26 bits per heavy atom. The first kappa shape index (κ1) is 16.7. The first-order valence-corrected chi connectivity index (χ1v) is 6.53. The molecule has 23 heavy (non-hydrogen) atoms. The monoisotopic (exact) mass is 329 g/mol.